The van der Waals surface area contributed by atoms with Crippen molar-refractivity contribution in [1.29, 1.82) is 0 Å². The molecule has 0 aromatic heterocycles. The van der Waals surface area contributed by atoms with Crippen molar-refractivity contribution in [1.82, 2.24) is 24.9 Å². The van der Waals surface area contributed by atoms with Crippen LogP contribution in [-0.4, -0.2) is 90.0 Å². The fourth-order valence-electron chi connectivity index (χ4n) is 3.78. The number of aliphatic imine (C=N–C) groups is 1. The monoisotopic (exact) mass is 424 g/mol. The lowest BCUT2D eigenvalue weighted by Crippen LogP contribution is -2.64. The molecule has 3 amide bonds. The number of piperazine rings is 1. The third-order valence-electron chi connectivity index (χ3n) is 5.48. The third-order valence-corrected chi connectivity index (χ3v) is 6.07. The van der Waals surface area contributed by atoms with Crippen molar-refractivity contribution in [2.24, 2.45) is 4.99 Å². The minimum atomic E-state index is -0.593. The number of fused-ring (bicyclic) bond motifs is 1. The van der Waals surface area contributed by atoms with E-state index in [-0.39, 0.29) is 5.91 Å². The van der Waals surface area contributed by atoms with Crippen molar-refractivity contribution >= 4 is 41.1 Å². The molecule has 10 heteroatoms. The van der Waals surface area contributed by atoms with E-state index in [0.29, 0.717) is 16.6 Å². The largest absolute Gasteiger partial charge is 0.340 e. The van der Waals surface area contributed by atoms with E-state index in [9.17, 15) is 9.59 Å². The Morgan fingerprint density at radius 2 is 1.86 bits per heavy atom. The number of hydrogen-bond donors (Lipinski definition) is 1. The van der Waals surface area contributed by atoms with Gasteiger partial charge in [0.2, 0.25) is 0 Å². The first kappa shape index (κ1) is 19.3. The molecule has 1 aromatic rings. The van der Waals surface area contributed by atoms with Gasteiger partial charge in [-0.3, -0.25) is 10.1 Å². The number of benzene rings is 1. The van der Waals surface area contributed by atoms with Crippen LogP contribution < -0.4 is 5.32 Å². The van der Waals surface area contributed by atoms with E-state index in [2.05, 4.69) is 22.2 Å². The molecule has 0 saturated carbocycles. The number of nitrogens with zero attached hydrogens (tertiary/aromatic N) is 5. The summed E-state index contributed by atoms with van der Waals surface area (Å²) >= 11 is 12.4. The molecule has 8 nitrogen and oxygen atoms in total. The van der Waals surface area contributed by atoms with E-state index in [1.165, 1.54) is 4.90 Å². The van der Waals surface area contributed by atoms with Crippen LogP contribution in [0.1, 0.15) is 5.56 Å². The first-order valence-electron chi connectivity index (χ1n) is 9.14. The molecule has 3 heterocycles. The molecule has 0 radical (unpaired) electrons. The number of nitrogens with one attached hydrogen (secondary N) is 1. The molecule has 2 unspecified atom stereocenters. The lowest BCUT2D eigenvalue weighted by Gasteiger charge is -2.39. The number of carbonyl (C=O) groups is 2. The van der Waals surface area contributed by atoms with E-state index >= 15 is 0 Å². The molecule has 1 N–H and O–H groups in total. The lowest BCUT2D eigenvalue weighted by molar-refractivity contribution is -0.127. The molecule has 150 valence electrons. The van der Waals surface area contributed by atoms with Crippen molar-refractivity contribution in [3.05, 3.63) is 33.8 Å². The molecule has 0 aliphatic carbocycles. The van der Waals surface area contributed by atoms with Crippen LogP contribution in [0.15, 0.2) is 23.2 Å². The van der Waals surface area contributed by atoms with Gasteiger partial charge in [-0.05, 0) is 24.7 Å². The Labute approximate surface area is 173 Å². The van der Waals surface area contributed by atoms with Gasteiger partial charge in [0.05, 0.1) is 0 Å². The predicted molar refractivity (Wildman–Crippen MR) is 107 cm³/mol. The van der Waals surface area contributed by atoms with Crippen LogP contribution in [-0.2, 0) is 11.3 Å². The zero-order valence-corrected chi connectivity index (χ0v) is 17.2. The van der Waals surface area contributed by atoms with Crippen LogP contribution in [0.3, 0.4) is 0 Å². The Balaban J connectivity index is 1.68. The van der Waals surface area contributed by atoms with Crippen molar-refractivity contribution in [3.8, 4) is 0 Å². The summed E-state index contributed by atoms with van der Waals surface area (Å²) in [6.07, 6.45) is -0.554. The maximum absolute atomic E-state index is 12.7. The maximum Gasteiger partial charge on any atom is 0.325 e. The molecular formula is C18H22Cl2N6O2. The molecule has 3 aliphatic rings. The average molecular weight is 425 g/mol. The predicted octanol–water partition coefficient (Wildman–Crippen LogP) is 1.29. The quantitative estimate of drug-likeness (QED) is 0.774. The smallest absolute Gasteiger partial charge is 0.325 e. The van der Waals surface area contributed by atoms with E-state index in [1.54, 1.807) is 19.2 Å². The summed E-state index contributed by atoms with van der Waals surface area (Å²) in [5.74, 6) is 0.386. The molecule has 2 saturated heterocycles. The molecule has 3 aliphatic heterocycles. The van der Waals surface area contributed by atoms with E-state index in [0.717, 1.165) is 37.7 Å². The molecule has 2 fully saturated rings. The van der Waals surface area contributed by atoms with Crippen molar-refractivity contribution in [3.63, 3.8) is 0 Å². The Morgan fingerprint density at radius 3 is 2.54 bits per heavy atom. The Hall–Kier alpha value is -2.03. The molecule has 4 rings (SSSR count). The SMILES string of the molecule is CN1CCN(C2=NC3C(C(=O)NC(=O)N3C)N2Cc2ccc(Cl)cc2Cl)CC1. The molecule has 2 atom stereocenters. The lowest BCUT2D eigenvalue weighted by atomic mass is 10.1. The minimum absolute atomic E-state index is 0.342. The van der Waals surface area contributed by atoms with Gasteiger partial charge in [-0.2, -0.15) is 0 Å². The van der Waals surface area contributed by atoms with Crippen LogP contribution in [0.4, 0.5) is 4.79 Å². The van der Waals surface area contributed by atoms with Crippen LogP contribution >= 0.6 is 23.2 Å². The van der Waals surface area contributed by atoms with Crippen LogP contribution in [0.2, 0.25) is 10.0 Å². The second-order valence-corrected chi connectivity index (χ2v) is 8.19. The van der Waals surface area contributed by atoms with Crippen LogP contribution in [0, 0.1) is 0 Å². The van der Waals surface area contributed by atoms with Gasteiger partial charge in [-0.15, -0.1) is 0 Å². The Kier molecular flexibility index (Phi) is 5.11. The summed E-state index contributed by atoms with van der Waals surface area (Å²) in [4.78, 5) is 37.4. The number of amides is 3. The van der Waals surface area contributed by atoms with Gasteiger partial charge < -0.3 is 19.6 Å². The first-order valence-corrected chi connectivity index (χ1v) is 9.90. The second kappa shape index (κ2) is 7.42. The average Bonchev–Trinajstić information content (AvgIpc) is 3.03. The number of rotatable bonds is 2. The molecule has 28 heavy (non-hydrogen) atoms. The standard InChI is InChI=1S/C18H22Cl2N6O2/c1-23-5-7-25(8-6-23)17-21-15-14(16(27)22-18(28)24(15)2)26(17)10-11-3-4-12(19)9-13(11)20/h3-4,9,14-15H,5-8,10H2,1-2H3,(H,22,27,28). The number of carbonyl (C=O) groups excluding carboxylic acids is 2. The first-order chi connectivity index (χ1) is 13.3. The number of hydrogen-bond acceptors (Lipinski definition) is 6. The topological polar surface area (TPSA) is 71.5 Å². The summed E-state index contributed by atoms with van der Waals surface area (Å²) in [7, 11) is 3.74. The normalized spacial score (nSPS) is 25.7. The number of imide groups is 1. The highest BCUT2D eigenvalue weighted by molar-refractivity contribution is 6.35. The summed E-state index contributed by atoms with van der Waals surface area (Å²) in [5, 5.41) is 3.52. The molecule has 0 spiro atoms. The number of likely N-dealkylation sites (N-methyl/N-ethyl adjacent to an activating group) is 2. The van der Waals surface area contributed by atoms with Crippen LogP contribution in [0.5, 0.6) is 0 Å². The van der Waals surface area contributed by atoms with Gasteiger partial charge in [0, 0.05) is 49.8 Å². The van der Waals surface area contributed by atoms with E-state index in [4.69, 9.17) is 28.2 Å². The van der Waals surface area contributed by atoms with Gasteiger partial charge in [0.25, 0.3) is 5.91 Å². The summed E-state index contributed by atoms with van der Waals surface area (Å²) in [5.41, 5.74) is 0.848. The highest BCUT2D eigenvalue weighted by Gasteiger charge is 2.49. The summed E-state index contributed by atoms with van der Waals surface area (Å²) < 4.78 is 0. The molecule has 0 bridgehead atoms. The number of urea groups is 1. The van der Waals surface area contributed by atoms with Gasteiger partial charge in [-0.25, -0.2) is 9.79 Å². The third kappa shape index (κ3) is 3.40. The van der Waals surface area contributed by atoms with Gasteiger partial charge >= 0.3 is 6.03 Å². The fraction of sp³-hybridized carbons (Fsp3) is 0.500. The molecular weight excluding hydrogens is 403 g/mol. The van der Waals surface area contributed by atoms with E-state index in [1.807, 2.05) is 11.0 Å². The zero-order valence-electron chi connectivity index (χ0n) is 15.7. The minimum Gasteiger partial charge on any atom is -0.340 e. The summed E-state index contributed by atoms with van der Waals surface area (Å²) in [6.45, 7) is 3.82. The zero-order chi connectivity index (χ0) is 20.0. The van der Waals surface area contributed by atoms with Gasteiger partial charge in [0.1, 0.15) is 0 Å². The van der Waals surface area contributed by atoms with Crippen molar-refractivity contribution in [2.45, 2.75) is 18.8 Å². The van der Waals surface area contributed by atoms with Gasteiger partial charge in [-0.1, -0.05) is 29.3 Å². The fourth-order valence-corrected chi connectivity index (χ4v) is 4.25. The maximum atomic E-state index is 12.7. The van der Waals surface area contributed by atoms with Gasteiger partial charge in [0.15, 0.2) is 18.2 Å². The number of guanidine groups is 1. The Bertz CT molecular complexity index is 839. The highest BCUT2D eigenvalue weighted by atomic mass is 35.5. The van der Waals surface area contributed by atoms with Crippen LogP contribution in [0.25, 0.3) is 0 Å². The van der Waals surface area contributed by atoms with Crippen molar-refractivity contribution < 1.29 is 9.59 Å². The number of halogens is 2. The van der Waals surface area contributed by atoms with E-state index < -0.39 is 18.2 Å². The Morgan fingerprint density at radius 1 is 1.14 bits per heavy atom. The summed E-state index contributed by atoms with van der Waals surface area (Å²) in [6, 6.07) is 4.30. The second-order valence-electron chi connectivity index (χ2n) is 7.35. The van der Waals surface area contributed by atoms with Crippen molar-refractivity contribution in [2.75, 3.05) is 40.3 Å². The molecule has 1 aromatic carbocycles. The highest BCUT2D eigenvalue weighted by Crippen LogP contribution is 2.30.